The van der Waals surface area contributed by atoms with Crippen molar-refractivity contribution in [2.75, 3.05) is 12.9 Å². The smallest absolute Gasteiger partial charge is 0.274 e. The summed E-state index contributed by atoms with van der Waals surface area (Å²) in [7, 11) is -1.56. The molecule has 1 amide bonds. The van der Waals surface area contributed by atoms with Crippen LogP contribution in [0.25, 0.3) is 10.9 Å². The van der Waals surface area contributed by atoms with Gasteiger partial charge in [-0.2, -0.15) is 0 Å². The van der Waals surface area contributed by atoms with Gasteiger partial charge in [0.25, 0.3) is 5.91 Å². The van der Waals surface area contributed by atoms with Crippen LogP contribution in [0.5, 0.6) is 5.75 Å². The number of para-hydroxylation sites is 1. The Bertz CT molecular complexity index is 1180. The Labute approximate surface area is 162 Å². The highest BCUT2D eigenvalue weighted by Gasteiger charge is 2.27. The third-order valence-electron chi connectivity index (χ3n) is 5.19. The Morgan fingerprint density at radius 3 is 2.79 bits per heavy atom. The van der Waals surface area contributed by atoms with E-state index in [1.165, 1.54) is 7.11 Å². The van der Waals surface area contributed by atoms with Gasteiger partial charge in [-0.25, -0.2) is 13.9 Å². The van der Waals surface area contributed by atoms with Gasteiger partial charge in [0.1, 0.15) is 5.75 Å². The van der Waals surface area contributed by atoms with Gasteiger partial charge in [-0.15, -0.1) is 0 Å². The van der Waals surface area contributed by atoms with Crippen molar-refractivity contribution in [3.63, 3.8) is 0 Å². The minimum Gasteiger partial charge on any atom is -0.496 e. The Morgan fingerprint density at radius 1 is 1.25 bits per heavy atom. The molecule has 0 aliphatic carbocycles. The molecule has 8 heteroatoms. The number of nitrogens with one attached hydrogen (secondary N) is 1. The minimum absolute atomic E-state index is 0.0581. The van der Waals surface area contributed by atoms with E-state index in [1.807, 2.05) is 24.3 Å². The fourth-order valence-electron chi connectivity index (χ4n) is 3.85. The van der Waals surface area contributed by atoms with Crippen molar-refractivity contribution < 1.29 is 23.2 Å². The van der Waals surface area contributed by atoms with E-state index in [0.717, 1.165) is 27.7 Å². The fraction of sp³-hybridized carbons (Fsp3) is 0.250. The molecule has 146 valence electrons. The van der Waals surface area contributed by atoms with Crippen molar-refractivity contribution in [1.29, 1.82) is 0 Å². The average molecular weight is 400 g/mol. The van der Waals surface area contributed by atoms with Crippen molar-refractivity contribution in [3.05, 3.63) is 64.8 Å². The van der Waals surface area contributed by atoms with Crippen LogP contribution in [0.15, 0.2) is 42.5 Å². The largest absolute Gasteiger partial charge is 0.496 e. The number of fused-ring (bicyclic) bond motifs is 3. The van der Waals surface area contributed by atoms with Crippen molar-refractivity contribution in [1.82, 2.24) is 10.0 Å². The Balaban J connectivity index is 1.82. The van der Waals surface area contributed by atoms with Crippen LogP contribution in [0.2, 0.25) is 0 Å². The van der Waals surface area contributed by atoms with Crippen molar-refractivity contribution >= 4 is 26.6 Å². The number of aromatic nitrogens is 1. The molecule has 0 bridgehead atoms. The van der Waals surface area contributed by atoms with E-state index in [-0.39, 0.29) is 17.1 Å². The quantitative estimate of drug-likeness (QED) is 0.517. The van der Waals surface area contributed by atoms with Gasteiger partial charge in [-0.05, 0) is 23.8 Å². The van der Waals surface area contributed by atoms with Crippen LogP contribution in [0.3, 0.4) is 0 Å². The van der Waals surface area contributed by atoms with E-state index in [2.05, 4.69) is 4.57 Å². The number of carbonyl (C=O) groups excluding carboxylic acids is 1. The van der Waals surface area contributed by atoms with Gasteiger partial charge in [0.05, 0.1) is 25.2 Å². The molecule has 0 atom stereocenters. The molecule has 0 saturated carbocycles. The van der Waals surface area contributed by atoms with Crippen LogP contribution in [0.4, 0.5) is 0 Å². The fourth-order valence-corrected chi connectivity index (χ4v) is 5.26. The predicted molar refractivity (Wildman–Crippen MR) is 104 cm³/mol. The number of methoxy groups -OCH3 is 1. The molecule has 0 unspecified atom stereocenters. The summed E-state index contributed by atoms with van der Waals surface area (Å²) < 4.78 is 31.9. The van der Waals surface area contributed by atoms with E-state index in [0.29, 0.717) is 18.7 Å². The molecule has 1 aromatic heterocycles. The first-order valence-electron chi connectivity index (χ1n) is 8.84. The number of hydrogen-bond acceptors (Lipinski definition) is 5. The molecule has 3 aromatic rings. The van der Waals surface area contributed by atoms with Gasteiger partial charge in [0, 0.05) is 34.1 Å². The zero-order valence-corrected chi connectivity index (χ0v) is 16.1. The lowest BCUT2D eigenvalue weighted by molar-refractivity contribution is 0.0706. The molecular formula is C20H20N2O5S. The molecule has 1 aliphatic rings. The van der Waals surface area contributed by atoms with Crippen molar-refractivity contribution in [2.24, 2.45) is 0 Å². The van der Waals surface area contributed by atoms with E-state index in [4.69, 9.17) is 9.94 Å². The molecule has 0 saturated heterocycles. The third-order valence-corrected chi connectivity index (χ3v) is 6.74. The van der Waals surface area contributed by atoms with Gasteiger partial charge >= 0.3 is 0 Å². The highest BCUT2D eigenvalue weighted by atomic mass is 32.2. The van der Waals surface area contributed by atoms with E-state index < -0.39 is 15.7 Å². The van der Waals surface area contributed by atoms with Crippen LogP contribution in [-0.2, 0) is 28.6 Å². The zero-order valence-electron chi connectivity index (χ0n) is 15.3. The molecule has 4 rings (SSSR count). The number of amides is 1. The summed E-state index contributed by atoms with van der Waals surface area (Å²) in [6.45, 7) is 0.486. The lowest BCUT2D eigenvalue weighted by Crippen LogP contribution is -2.21. The third kappa shape index (κ3) is 3.14. The molecule has 2 heterocycles. The maximum Gasteiger partial charge on any atom is 0.274 e. The van der Waals surface area contributed by atoms with Gasteiger partial charge in [-0.1, -0.05) is 24.3 Å². The lowest BCUT2D eigenvalue weighted by atomic mass is 10.1. The van der Waals surface area contributed by atoms with Crippen LogP contribution in [-0.4, -0.2) is 37.0 Å². The maximum atomic E-state index is 12.2. The second kappa shape index (κ2) is 6.96. The Kier molecular flexibility index (Phi) is 4.60. The summed E-state index contributed by atoms with van der Waals surface area (Å²) in [6, 6.07) is 12.8. The molecule has 28 heavy (non-hydrogen) atoms. The number of rotatable bonds is 4. The zero-order chi connectivity index (χ0) is 19.9. The summed E-state index contributed by atoms with van der Waals surface area (Å²) in [5.41, 5.74) is 5.63. The normalized spacial score (nSPS) is 15.2. The number of hydroxylamine groups is 1. The first-order chi connectivity index (χ1) is 13.4. The average Bonchev–Trinajstić information content (AvgIpc) is 2.99. The lowest BCUT2D eigenvalue weighted by Gasteiger charge is -2.18. The van der Waals surface area contributed by atoms with Crippen LogP contribution in [0, 0.1) is 0 Å². The summed E-state index contributed by atoms with van der Waals surface area (Å²) >= 11 is 0. The number of carbonyl (C=O) groups is 1. The number of nitrogens with zero attached hydrogens (tertiary/aromatic N) is 1. The Hall–Kier alpha value is -2.84. The summed E-state index contributed by atoms with van der Waals surface area (Å²) in [5.74, 6) is 0.112. The van der Waals surface area contributed by atoms with Gasteiger partial charge in [-0.3, -0.25) is 10.0 Å². The maximum absolute atomic E-state index is 12.2. The summed E-state index contributed by atoms with van der Waals surface area (Å²) in [5, 5.41) is 9.78. The molecule has 0 fully saturated rings. The predicted octanol–water partition coefficient (Wildman–Crippen LogP) is 2.29. The van der Waals surface area contributed by atoms with Crippen LogP contribution in [0.1, 0.15) is 27.2 Å². The Morgan fingerprint density at radius 2 is 2.04 bits per heavy atom. The standard InChI is InChI=1S/C20H20N2O5S/c1-27-19-10-13(20(23)21-24)6-7-14(19)11-22-17-5-3-2-4-15(17)16-12-28(25,26)9-8-18(16)22/h2-7,10,24H,8-9,11-12H2,1H3,(H,21,23). The number of ether oxygens (including phenoxy) is 1. The molecular weight excluding hydrogens is 380 g/mol. The molecule has 0 spiro atoms. The number of sulfone groups is 1. The monoisotopic (exact) mass is 400 g/mol. The molecule has 1 aliphatic heterocycles. The highest BCUT2D eigenvalue weighted by molar-refractivity contribution is 7.90. The number of benzene rings is 2. The van der Waals surface area contributed by atoms with Gasteiger partial charge < -0.3 is 9.30 Å². The minimum atomic E-state index is -3.08. The van der Waals surface area contributed by atoms with Crippen molar-refractivity contribution in [3.8, 4) is 5.75 Å². The van der Waals surface area contributed by atoms with Gasteiger partial charge in [0.15, 0.2) is 9.84 Å². The second-order valence-electron chi connectivity index (χ2n) is 6.84. The topological polar surface area (TPSA) is 97.6 Å². The molecule has 0 radical (unpaired) electrons. The van der Waals surface area contributed by atoms with E-state index in [1.54, 1.807) is 23.7 Å². The van der Waals surface area contributed by atoms with Crippen molar-refractivity contribution in [2.45, 2.75) is 18.7 Å². The van der Waals surface area contributed by atoms with Gasteiger partial charge in [0.2, 0.25) is 0 Å². The molecule has 7 nitrogen and oxygen atoms in total. The number of hydrogen-bond donors (Lipinski definition) is 2. The molecule has 2 aromatic carbocycles. The van der Waals surface area contributed by atoms with E-state index in [9.17, 15) is 13.2 Å². The summed E-state index contributed by atoms with van der Waals surface area (Å²) in [4.78, 5) is 11.7. The van der Waals surface area contributed by atoms with Crippen LogP contribution >= 0.6 is 0 Å². The van der Waals surface area contributed by atoms with Crippen LogP contribution < -0.4 is 10.2 Å². The first kappa shape index (κ1) is 18.5. The first-order valence-corrected chi connectivity index (χ1v) is 10.7. The second-order valence-corrected chi connectivity index (χ2v) is 9.02. The molecule has 2 N–H and O–H groups in total. The SMILES string of the molecule is COc1cc(C(=O)NO)ccc1Cn1c2c(c3ccccc31)CS(=O)(=O)CC2. The van der Waals surface area contributed by atoms with E-state index >= 15 is 0 Å². The highest BCUT2D eigenvalue weighted by Crippen LogP contribution is 2.33. The summed E-state index contributed by atoms with van der Waals surface area (Å²) in [6.07, 6.45) is 0.472.